The van der Waals surface area contributed by atoms with Gasteiger partial charge in [-0.3, -0.25) is 4.79 Å². The van der Waals surface area contributed by atoms with Gasteiger partial charge in [-0.05, 0) is 37.3 Å². The fourth-order valence-corrected chi connectivity index (χ4v) is 3.87. The van der Waals surface area contributed by atoms with Crippen LogP contribution < -0.4 is 14.8 Å². The van der Waals surface area contributed by atoms with E-state index in [-0.39, 0.29) is 15.7 Å². The predicted octanol–water partition coefficient (Wildman–Crippen LogP) is 3.01. The van der Waals surface area contributed by atoms with Crippen LogP contribution in [0.3, 0.4) is 0 Å². The summed E-state index contributed by atoms with van der Waals surface area (Å²) in [4.78, 5) is 12.2. The number of ether oxygens (including phenoxy) is 2. The number of methoxy groups -OCH3 is 1. The second kappa shape index (κ2) is 9.07. The van der Waals surface area contributed by atoms with Gasteiger partial charge < -0.3 is 14.8 Å². The second-order valence-electron chi connectivity index (χ2n) is 5.53. The number of hydrogen-bond donors (Lipinski definition) is 1. The van der Waals surface area contributed by atoms with Crippen LogP contribution in [-0.4, -0.2) is 45.9 Å². The van der Waals surface area contributed by atoms with Crippen LogP contribution in [0, 0.1) is 0 Å². The molecule has 9 heteroatoms. The van der Waals surface area contributed by atoms with E-state index in [4.69, 9.17) is 21.1 Å². The van der Waals surface area contributed by atoms with Crippen molar-refractivity contribution in [1.82, 2.24) is 4.31 Å². The number of nitrogens with zero attached hydrogens (tertiary/aromatic N) is 1. The van der Waals surface area contributed by atoms with E-state index < -0.39 is 22.5 Å². The van der Waals surface area contributed by atoms with Crippen molar-refractivity contribution in [2.45, 2.75) is 11.8 Å². The number of amides is 1. The molecule has 0 aliphatic carbocycles. The van der Waals surface area contributed by atoms with Crippen LogP contribution in [0.2, 0.25) is 5.02 Å². The van der Waals surface area contributed by atoms with E-state index in [1.165, 1.54) is 26.3 Å². The number of para-hydroxylation sites is 2. The van der Waals surface area contributed by atoms with Gasteiger partial charge in [0.1, 0.15) is 16.4 Å². The maximum atomic E-state index is 12.9. The lowest BCUT2D eigenvalue weighted by molar-refractivity contribution is -0.116. The van der Waals surface area contributed by atoms with Crippen molar-refractivity contribution in [3.8, 4) is 11.5 Å². The Bertz CT molecular complexity index is 918. The first-order valence-electron chi connectivity index (χ1n) is 8.11. The van der Waals surface area contributed by atoms with Crippen LogP contribution >= 0.6 is 11.6 Å². The molecule has 0 atom stereocenters. The lowest BCUT2D eigenvalue weighted by Crippen LogP contribution is -2.35. The van der Waals surface area contributed by atoms with Crippen molar-refractivity contribution in [3.05, 3.63) is 47.5 Å². The smallest absolute Gasteiger partial charge is 0.247 e. The van der Waals surface area contributed by atoms with Gasteiger partial charge in [-0.15, -0.1) is 0 Å². The number of carbonyl (C=O) groups is 1. The van der Waals surface area contributed by atoms with Crippen molar-refractivity contribution in [2.24, 2.45) is 0 Å². The molecule has 0 heterocycles. The Morgan fingerprint density at radius 2 is 1.89 bits per heavy atom. The van der Waals surface area contributed by atoms with Gasteiger partial charge in [0.15, 0.2) is 0 Å². The molecule has 0 unspecified atom stereocenters. The Morgan fingerprint density at radius 3 is 2.56 bits per heavy atom. The number of rotatable bonds is 8. The van der Waals surface area contributed by atoms with Crippen LogP contribution in [0.25, 0.3) is 0 Å². The van der Waals surface area contributed by atoms with Crippen molar-refractivity contribution >= 4 is 33.2 Å². The Labute approximate surface area is 163 Å². The summed E-state index contributed by atoms with van der Waals surface area (Å²) < 4.78 is 37.2. The number of sulfonamides is 1. The molecule has 2 aromatic carbocycles. The van der Waals surface area contributed by atoms with Gasteiger partial charge in [-0.1, -0.05) is 23.7 Å². The first-order chi connectivity index (χ1) is 12.8. The highest BCUT2D eigenvalue weighted by atomic mass is 35.5. The summed E-state index contributed by atoms with van der Waals surface area (Å²) in [7, 11) is -1.19. The van der Waals surface area contributed by atoms with Gasteiger partial charge in [0.2, 0.25) is 15.9 Å². The minimum Gasteiger partial charge on any atom is -0.495 e. The molecule has 0 spiro atoms. The molecule has 0 fully saturated rings. The SMILES string of the molecule is CCOc1ccc(Cl)cc1S(=O)(=O)N(C)CC(=O)Nc1ccccc1OC. The number of likely N-dealkylation sites (N-methyl/N-ethyl adjacent to an activating group) is 1. The molecule has 27 heavy (non-hydrogen) atoms. The highest BCUT2D eigenvalue weighted by molar-refractivity contribution is 7.89. The molecular weight excluding hydrogens is 392 g/mol. The monoisotopic (exact) mass is 412 g/mol. The third-order valence-corrected chi connectivity index (χ3v) is 5.70. The van der Waals surface area contributed by atoms with Gasteiger partial charge in [-0.25, -0.2) is 8.42 Å². The maximum Gasteiger partial charge on any atom is 0.247 e. The fourth-order valence-electron chi connectivity index (χ4n) is 2.35. The molecular formula is C18H21ClN2O5S. The maximum absolute atomic E-state index is 12.9. The molecule has 0 radical (unpaired) electrons. The lowest BCUT2D eigenvalue weighted by atomic mass is 10.3. The number of benzene rings is 2. The Morgan fingerprint density at radius 1 is 1.19 bits per heavy atom. The summed E-state index contributed by atoms with van der Waals surface area (Å²) in [6, 6.07) is 11.2. The van der Waals surface area contributed by atoms with Gasteiger partial charge in [-0.2, -0.15) is 4.31 Å². The minimum atomic E-state index is -3.99. The summed E-state index contributed by atoms with van der Waals surface area (Å²) in [5, 5.41) is 2.89. The fraction of sp³-hybridized carbons (Fsp3) is 0.278. The minimum absolute atomic E-state index is 0.0931. The van der Waals surface area contributed by atoms with E-state index in [0.29, 0.717) is 18.0 Å². The molecule has 1 N–H and O–H groups in total. The highest BCUT2D eigenvalue weighted by Crippen LogP contribution is 2.29. The largest absolute Gasteiger partial charge is 0.495 e. The zero-order valence-electron chi connectivity index (χ0n) is 15.2. The Hall–Kier alpha value is -2.29. The third kappa shape index (κ3) is 5.12. The van der Waals surface area contributed by atoms with E-state index in [2.05, 4.69) is 5.32 Å². The highest BCUT2D eigenvalue weighted by Gasteiger charge is 2.27. The molecule has 0 saturated carbocycles. The third-order valence-electron chi connectivity index (χ3n) is 3.64. The Balaban J connectivity index is 2.20. The summed E-state index contributed by atoms with van der Waals surface area (Å²) in [5.41, 5.74) is 0.452. The van der Waals surface area contributed by atoms with Crippen molar-refractivity contribution < 1.29 is 22.7 Å². The zero-order valence-corrected chi connectivity index (χ0v) is 16.8. The van der Waals surface area contributed by atoms with Crippen LogP contribution in [-0.2, 0) is 14.8 Å². The predicted molar refractivity (Wildman–Crippen MR) is 104 cm³/mol. The van der Waals surface area contributed by atoms with E-state index >= 15 is 0 Å². The molecule has 0 aliphatic rings. The first kappa shape index (κ1) is 21.0. The summed E-state index contributed by atoms with van der Waals surface area (Å²) in [6.07, 6.45) is 0. The number of carbonyl (C=O) groups excluding carboxylic acids is 1. The van der Waals surface area contributed by atoms with Gasteiger partial charge in [0, 0.05) is 12.1 Å². The molecule has 0 bridgehead atoms. The lowest BCUT2D eigenvalue weighted by Gasteiger charge is -2.19. The topological polar surface area (TPSA) is 84.9 Å². The van der Waals surface area contributed by atoms with Gasteiger partial charge in [0.05, 0.1) is 25.9 Å². The Kier molecular flexibility index (Phi) is 7.06. The van der Waals surface area contributed by atoms with Crippen LogP contribution in [0.4, 0.5) is 5.69 Å². The van der Waals surface area contributed by atoms with Crippen LogP contribution in [0.5, 0.6) is 11.5 Å². The summed E-state index contributed by atoms with van der Waals surface area (Å²) in [5.74, 6) is 0.147. The molecule has 0 aromatic heterocycles. The standard InChI is InChI=1S/C18H21ClN2O5S/c1-4-26-16-10-9-13(19)11-17(16)27(23,24)21(2)12-18(22)20-14-7-5-6-8-15(14)25-3/h5-11H,4,12H2,1-3H3,(H,20,22). The average Bonchev–Trinajstić information content (AvgIpc) is 2.63. The molecule has 2 aromatic rings. The number of hydrogen-bond acceptors (Lipinski definition) is 5. The normalized spacial score (nSPS) is 11.3. The number of halogens is 1. The van der Waals surface area contributed by atoms with Crippen molar-refractivity contribution in [1.29, 1.82) is 0 Å². The second-order valence-corrected chi connectivity index (χ2v) is 7.98. The van der Waals surface area contributed by atoms with E-state index in [0.717, 1.165) is 4.31 Å². The average molecular weight is 413 g/mol. The molecule has 146 valence electrons. The van der Waals surface area contributed by atoms with E-state index in [1.807, 2.05) is 0 Å². The molecule has 7 nitrogen and oxygen atoms in total. The van der Waals surface area contributed by atoms with Crippen molar-refractivity contribution in [2.75, 3.05) is 32.6 Å². The number of nitrogens with one attached hydrogen (secondary N) is 1. The molecule has 0 saturated heterocycles. The number of anilines is 1. The van der Waals surface area contributed by atoms with Crippen LogP contribution in [0.1, 0.15) is 6.92 Å². The van der Waals surface area contributed by atoms with Gasteiger partial charge >= 0.3 is 0 Å². The van der Waals surface area contributed by atoms with Gasteiger partial charge in [0.25, 0.3) is 0 Å². The quantitative estimate of drug-likeness (QED) is 0.720. The van der Waals surface area contributed by atoms with Crippen LogP contribution in [0.15, 0.2) is 47.4 Å². The summed E-state index contributed by atoms with van der Waals surface area (Å²) >= 11 is 5.94. The first-order valence-corrected chi connectivity index (χ1v) is 9.93. The van der Waals surface area contributed by atoms with Crippen molar-refractivity contribution in [3.63, 3.8) is 0 Å². The molecule has 0 aliphatic heterocycles. The zero-order chi connectivity index (χ0) is 20.0. The van der Waals surface area contributed by atoms with E-state index in [1.54, 1.807) is 37.3 Å². The summed E-state index contributed by atoms with van der Waals surface area (Å²) in [6.45, 7) is 1.65. The molecule has 1 amide bonds. The van der Waals surface area contributed by atoms with E-state index in [9.17, 15) is 13.2 Å². The molecule has 2 rings (SSSR count).